The number of aromatic amines is 1. The molecule has 0 aromatic carbocycles. The number of H-pyrrole nitrogens is 1. The fourth-order valence-electron chi connectivity index (χ4n) is 1.57. The highest BCUT2D eigenvalue weighted by molar-refractivity contribution is 5.18. The van der Waals surface area contributed by atoms with Crippen LogP contribution in [0.4, 0.5) is 0 Å². The quantitative estimate of drug-likeness (QED) is 0.700. The van der Waals surface area contributed by atoms with Crippen LogP contribution < -0.4 is 0 Å². The van der Waals surface area contributed by atoms with Crippen molar-refractivity contribution in [3.05, 3.63) is 17.7 Å². The van der Waals surface area contributed by atoms with E-state index >= 15 is 0 Å². The first-order valence-electron chi connectivity index (χ1n) is 4.43. The number of nitrogens with one attached hydrogen (secondary N) is 1. The Bertz CT molecular complexity index is 320. The Hall–Kier alpha value is -1.34. The number of nitrogens with zero attached hydrogens (tertiary/aromatic N) is 2. The van der Waals surface area contributed by atoms with E-state index in [1.165, 1.54) is 0 Å². The Labute approximate surface area is 76.6 Å². The average Bonchev–Trinajstić information content (AvgIpc) is 2.67. The molecule has 0 bridgehead atoms. The number of imidazole rings is 1. The van der Waals surface area contributed by atoms with Crippen molar-refractivity contribution in [2.75, 3.05) is 13.2 Å². The Kier molecular flexibility index (Phi) is 2.28. The van der Waals surface area contributed by atoms with Crippen LogP contribution in [0.2, 0.25) is 0 Å². The van der Waals surface area contributed by atoms with E-state index in [4.69, 9.17) is 10.00 Å². The molecule has 1 saturated heterocycles. The van der Waals surface area contributed by atoms with Gasteiger partial charge in [-0.05, 0) is 12.8 Å². The minimum absolute atomic E-state index is 0.441. The van der Waals surface area contributed by atoms with Gasteiger partial charge in [0, 0.05) is 19.1 Å². The molecule has 0 amide bonds. The molecule has 1 fully saturated rings. The maximum absolute atomic E-state index is 8.60. The van der Waals surface area contributed by atoms with Gasteiger partial charge < -0.3 is 9.72 Å². The van der Waals surface area contributed by atoms with E-state index < -0.39 is 0 Å². The van der Waals surface area contributed by atoms with Gasteiger partial charge in [0.05, 0.1) is 6.20 Å². The van der Waals surface area contributed by atoms with Crippen molar-refractivity contribution in [3.63, 3.8) is 0 Å². The zero-order valence-corrected chi connectivity index (χ0v) is 7.29. The van der Waals surface area contributed by atoms with E-state index in [9.17, 15) is 0 Å². The number of ether oxygens (including phenoxy) is 1. The van der Waals surface area contributed by atoms with E-state index in [2.05, 4.69) is 9.97 Å². The highest BCUT2D eigenvalue weighted by Crippen LogP contribution is 2.23. The van der Waals surface area contributed by atoms with E-state index in [1.54, 1.807) is 6.20 Å². The summed E-state index contributed by atoms with van der Waals surface area (Å²) in [6.07, 6.45) is 3.58. The molecule has 1 aliphatic heterocycles. The van der Waals surface area contributed by atoms with E-state index in [0.29, 0.717) is 11.6 Å². The second-order valence-electron chi connectivity index (χ2n) is 3.18. The summed E-state index contributed by atoms with van der Waals surface area (Å²) < 4.78 is 5.25. The van der Waals surface area contributed by atoms with Gasteiger partial charge in [-0.2, -0.15) is 5.26 Å². The van der Waals surface area contributed by atoms with E-state index in [0.717, 1.165) is 31.9 Å². The van der Waals surface area contributed by atoms with E-state index in [-0.39, 0.29) is 0 Å². The summed E-state index contributed by atoms with van der Waals surface area (Å²) in [5.41, 5.74) is 0.543. The van der Waals surface area contributed by atoms with Gasteiger partial charge in [-0.1, -0.05) is 0 Å². The standard InChI is InChI=1S/C9H11N3O/c10-5-8-6-11-9(12-8)7-1-3-13-4-2-7/h6-7H,1-4H2,(H,11,12). The van der Waals surface area contributed by atoms with Gasteiger partial charge in [-0.25, -0.2) is 4.98 Å². The van der Waals surface area contributed by atoms with Crippen LogP contribution in [0.15, 0.2) is 6.20 Å². The topological polar surface area (TPSA) is 61.7 Å². The molecule has 0 aliphatic carbocycles. The summed E-state index contributed by atoms with van der Waals surface area (Å²) in [7, 11) is 0. The third-order valence-corrected chi connectivity index (χ3v) is 2.32. The predicted molar refractivity (Wildman–Crippen MR) is 46.1 cm³/mol. The maximum atomic E-state index is 8.60. The molecule has 0 spiro atoms. The minimum Gasteiger partial charge on any atom is -0.381 e. The molecule has 4 nitrogen and oxygen atoms in total. The van der Waals surface area contributed by atoms with Crippen molar-refractivity contribution in [2.45, 2.75) is 18.8 Å². The molecule has 1 aromatic rings. The summed E-state index contributed by atoms with van der Waals surface area (Å²) in [5, 5.41) is 8.60. The van der Waals surface area contributed by atoms with Crippen LogP contribution in [-0.4, -0.2) is 23.2 Å². The lowest BCUT2D eigenvalue weighted by molar-refractivity contribution is 0.0837. The van der Waals surface area contributed by atoms with Crippen molar-refractivity contribution in [1.82, 2.24) is 9.97 Å². The number of hydrogen-bond donors (Lipinski definition) is 1. The highest BCUT2D eigenvalue weighted by Gasteiger charge is 2.18. The van der Waals surface area contributed by atoms with Crippen LogP contribution in [0.5, 0.6) is 0 Å². The Morgan fingerprint density at radius 2 is 2.31 bits per heavy atom. The third kappa shape index (κ3) is 1.70. The SMILES string of the molecule is N#Cc1cnc(C2CCOCC2)[nH]1. The maximum Gasteiger partial charge on any atom is 0.137 e. The van der Waals surface area contributed by atoms with Crippen LogP contribution in [0.25, 0.3) is 0 Å². The fourth-order valence-corrected chi connectivity index (χ4v) is 1.57. The average molecular weight is 177 g/mol. The molecule has 0 radical (unpaired) electrons. The van der Waals surface area contributed by atoms with Gasteiger partial charge in [0.2, 0.25) is 0 Å². The first kappa shape index (κ1) is 8.27. The van der Waals surface area contributed by atoms with Crippen LogP contribution in [0, 0.1) is 11.3 Å². The molecule has 0 atom stereocenters. The Morgan fingerprint density at radius 1 is 1.54 bits per heavy atom. The summed E-state index contributed by atoms with van der Waals surface area (Å²) in [5.74, 6) is 1.37. The summed E-state index contributed by atoms with van der Waals surface area (Å²) in [6.45, 7) is 1.60. The van der Waals surface area contributed by atoms with Gasteiger partial charge >= 0.3 is 0 Å². The van der Waals surface area contributed by atoms with Crippen molar-refractivity contribution >= 4 is 0 Å². The Balaban J connectivity index is 2.11. The van der Waals surface area contributed by atoms with Crippen LogP contribution >= 0.6 is 0 Å². The molecular weight excluding hydrogens is 166 g/mol. The number of hydrogen-bond acceptors (Lipinski definition) is 3. The molecule has 1 N–H and O–H groups in total. The van der Waals surface area contributed by atoms with E-state index in [1.807, 2.05) is 6.07 Å². The minimum atomic E-state index is 0.441. The number of nitriles is 1. The zero-order valence-electron chi connectivity index (χ0n) is 7.29. The molecule has 0 saturated carbocycles. The number of aromatic nitrogens is 2. The van der Waals surface area contributed by atoms with Crippen molar-refractivity contribution in [1.29, 1.82) is 5.26 Å². The van der Waals surface area contributed by atoms with Gasteiger partial charge in [0.25, 0.3) is 0 Å². The second kappa shape index (κ2) is 3.58. The first-order chi connectivity index (χ1) is 6.40. The molecule has 68 valence electrons. The molecular formula is C9H11N3O. The highest BCUT2D eigenvalue weighted by atomic mass is 16.5. The van der Waals surface area contributed by atoms with Crippen molar-refractivity contribution in [2.24, 2.45) is 0 Å². The predicted octanol–water partition coefficient (Wildman–Crippen LogP) is 1.18. The molecule has 2 heterocycles. The van der Waals surface area contributed by atoms with Gasteiger partial charge in [0.1, 0.15) is 17.6 Å². The summed E-state index contributed by atoms with van der Waals surface area (Å²) in [6, 6.07) is 2.04. The van der Waals surface area contributed by atoms with Gasteiger partial charge in [0.15, 0.2) is 0 Å². The Morgan fingerprint density at radius 3 is 2.92 bits per heavy atom. The molecule has 13 heavy (non-hydrogen) atoms. The van der Waals surface area contributed by atoms with Crippen LogP contribution in [0.3, 0.4) is 0 Å². The summed E-state index contributed by atoms with van der Waals surface area (Å²) >= 11 is 0. The van der Waals surface area contributed by atoms with Crippen LogP contribution in [0.1, 0.15) is 30.3 Å². The van der Waals surface area contributed by atoms with Crippen molar-refractivity contribution in [3.8, 4) is 6.07 Å². The van der Waals surface area contributed by atoms with Crippen molar-refractivity contribution < 1.29 is 4.74 Å². The molecule has 1 aromatic heterocycles. The molecule has 0 unspecified atom stereocenters. The lowest BCUT2D eigenvalue weighted by Crippen LogP contribution is -2.15. The smallest absolute Gasteiger partial charge is 0.137 e. The molecule has 2 rings (SSSR count). The monoisotopic (exact) mass is 177 g/mol. The van der Waals surface area contributed by atoms with Gasteiger partial charge in [-0.15, -0.1) is 0 Å². The molecule has 4 heteroatoms. The molecule has 1 aliphatic rings. The van der Waals surface area contributed by atoms with Crippen LogP contribution in [-0.2, 0) is 4.74 Å². The fraction of sp³-hybridized carbons (Fsp3) is 0.556. The third-order valence-electron chi connectivity index (χ3n) is 2.32. The lowest BCUT2D eigenvalue weighted by atomic mass is 10.00. The largest absolute Gasteiger partial charge is 0.381 e. The number of rotatable bonds is 1. The lowest BCUT2D eigenvalue weighted by Gasteiger charge is -2.19. The second-order valence-corrected chi connectivity index (χ2v) is 3.18. The normalized spacial score (nSPS) is 18.4. The van der Waals surface area contributed by atoms with Gasteiger partial charge in [-0.3, -0.25) is 0 Å². The zero-order chi connectivity index (χ0) is 9.10. The summed E-state index contributed by atoms with van der Waals surface area (Å²) in [4.78, 5) is 7.18. The first-order valence-corrected chi connectivity index (χ1v) is 4.43.